The smallest absolute Gasteiger partial charge is 0.234 e. The van der Waals surface area contributed by atoms with E-state index >= 15 is 0 Å². The number of benzene rings is 2. The highest BCUT2D eigenvalue weighted by Crippen LogP contribution is 2.45. The fourth-order valence-corrected chi connectivity index (χ4v) is 4.72. The summed E-state index contributed by atoms with van der Waals surface area (Å²) in [5.41, 5.74) is 2.91. The summed E-state index contributed by atoms with van der Waals surface area (Å²) in [4.78, 5) is 19.2. The van der Waals surface area contributed by atoms with E-state index in [-0.39, 0.29) is 11.3 Å². The summed E-state index contributed by atoms with van der Waals surface area (Å²) in [5, 5.41) is 0.909. The zero-order valence-electron chi connectivity index (χ0n) is 15.9. The Bertz CT molecular complexity index is 991. The van der Waals surface area contributed by atoms with Gasteiger partial charge in [-0.05, 0) is 42.8 Å². The summed E-state index contributed by atoms with van der Waals surface area (Å²) in [6.07, 6.45) is 1.78. The summed E-state index contributed by atoms with van der Waals surface area (Å²) < 4.78 is 11.1. The van der Waals surface area contributed by atoms with Crippen LogP contribution in [0.5, 0.6) is 11.5 Å². The molecule has 1 atom stereocenters. The van der Waals surface area contributed by atoms with Crippen LogP contribution in [0, 0.1) is 0 Å². The van der Waals surface area contributed by atoms with E-state index < -0.39 is 0 Å². The van der Waals surface area contributed by atoms with Crippen LogP contribution in [0.2, 0.25) is 0 Å². The minimum Gasteiger partial charge on any atom is -0.496 e. The molecule has 0 bridgehead atoms. The molecule has 1 saturated heterocycles. The van der Waals surface area contributed by atoms with Crippen LogP contribution in [0.25, 0.3) is 10.9 Å². The molecule has 0 spiro atoms. The van der Waals surface area contributed by atoms with Crippen LogP contribution in [-0.2, 0) is 11.3 Å². The first kappa shape index (κ1) is 18.6. The third kappa shape index (κ3) is 3.52. The topological polar surface area (TPSA) is 51.7 Å². The van der Waals surface area contributed by atoms with Crippen molar-refractivity contribution in [1.29, 1.82) is 0 Å². The van der Waals surface area contributed by atoms with Crippen molar-refractivity contribution in [2.45, 2.75) is 18.8 Å². The highest BCUT2D eigenvalue weighted by atomic mass is 32.2. The number of nitrogens with zero attached hydrogens (tertiary/aromatic N) is 2. The molecule has 2 heterocycles. The van der Waals surface area contributed by atoms with Gasteiger partial charge in [-0.3, -0.25) is 9.78 Å². The number of hydrogen-bond donors (Lipinski definition) is 0. The fraction of sp³-hybridized carbons (Fsp3) is 0.273. The number of ether oxygens (including phenoxy) is 2. The van der Waals surface area contributed by atoms with Crippen molar-refractivity contribution in [1.82, 2.24) is 9.88 Å². The van der Waals surface area contributed by atoms with Gasteiger partial charge < -0.3 is 14.4 Å². The normalized spacial score (nSPS) is 16.6. The highest BCUT2D eigenvalue weighted by molar-refractivity contribution is 8.00. The second kappa shape index (κ2) is 8.10. The maximum Gasteiger partial charge on any atom is 0.234 e. The summed E-state index contributed by atoms with van der Waals surface area (Å²) >= 11 is 1.62. The Morgan fingerprint density at radius 3 is 2.75 bits per heavy atom. The largest absolute Gasteiger partial charge is 0.496 e. The number of amides is 1. The monoisotopic (exact) mass is 394 g/mol. The van der Waals surface area contributed by atoms with Crippen LogP contribution in [0.1, 0.15) is 23.4 Å². The molecule has 3 aromatic rings. The maximum atomic E-state index is 12.7. The molecule has 1 amide bonds. The van der Waals surface area contributed by atoms with Gasteiger partial charge >= 0.3 is 0 Å². The summed E-state index contributed by atoms with van der Waals surface area (Å²) in [6.45, 7) is 3.13. The average molecular weight is 394 g/mol. The molecule has 4 rings (SSSR count). The first-order chi connectivity index (χ1) is 13.7. The summed E-state index contributed by atoms with van der Waals surface area (Å²) in [7, 11) is 1.66. The summed E-state index contributed by atoms with van der Waals surface area (Å²) in [6, 6.07) is 15.8. The number of aromatic nitrogens is 1. The second-order valence-electron chi connectivity index (χ2n) is 6.52. The molecule has 144 valence electrons. The molecule has 1 aliphatic rings. The van der Waals surface area contributed by atoms with Crippen molar-refractivity contribution in [2.75, 3.05) is 19.5 Å². The quantitative estimate of drug-likeness (QED) is 0.620. The Kier molecular flexibility index (Phi) is 5.39. The number of pyridine rings is 1. The van der Waals surface area contributed by atoms with Crippen LogP contribution in [-0.4, -0.2) is 35.3 Å². The molecule has 5 nitrogen and oxygen atoms in total. The number of rotatable bonds is 6. The third-order valence-electron chi connectivity index (χ3n) is 4.80. The molecular weight excluding hydrogens is 372 g/mol. The van der Waals surface area contributed by atoms with E-state index in [1.165, 1.54) is 0 Å². The Labute approximate surface area is 168 Å². The molecule has 28 heavy (non-hydrogen) atoms. The van der Waals surface area contributed by atoms with E-state index in [2.05, 4.69) is 4.98 Å². The van der Waals surface area contributed by atoms with Crippen LogP contribution in [0.15, 0.2) is 54.7 Å². The number of fused-ring (bicyclic) bond motifs is 1. The maximum absolute atomic E-state index is 12.7. The van der Waals surface area contributed by atoms with Crippen molar-refractivity contribution >= 4 is 28.6 Å². The van der Waals surface area contributed by atoms with Gasteiger partial charge in [0.1, 0.15) is 16.9 Å². The van der Waals surface area contributed by atoms with Gasteiger partial charge in [0.2, 0.25) is 5.91 Å². The standard InChI is InChI=1S/C22H22N2O3S/c1-3-27-17-9-6-15(7-10-17)13-24-19(25)14-28-22(24)20-18(26-2)11-8-16-5-4-12-23-21(16)20/h4-12,22H,3,13-14H2,1-2H3. The lowest BCUT2D eigenvalue weighted by atomic mass is 10.1. The van der Waals surface area contributed by atoms with Gasteiger partial charge in [-0.2, -0.15) is 0 Å². The van der Waals surface area contributed by atoms with E-state index in [0.29, 0.717) is 18.9 Å². The summed E-state index contributed by atoms with van der Waals surface area (Å²) in [5.74, 6) is 2.17. The molecule has 0 aliphatic carbocycles. The van der Waals surface area contributed by atoms with Crippen LogP contribution >= 0.6 is 11.8 Å². The van der Waals surface area contributed by atoms with E-state index in [9.17, 15) is 4.79 Å². The SMILES string of the molecule is CCOc1ccc(CN2C(=O)CSC2c2c(OC)ccc3cccnc23)cc1. The molecular formula is C22H22N2O3S. The Morgan fingerprint density at radius 1 is 1.18 bits per heavy atom. The molecule has 1 unspecified atom stereocenters. The molecule has 0 saturated carbocycles. The van der Waals surface area contributed by atoms with Crippen LogP contribution in [0.4, 0.5) is 0 Å². The zero-order chi connectivity index (χ0) is 19.5. The van der Waals surface area contributed by atoms with Crippen molar-refractivity contribution in [3.05, 3.63) is 65.9 Å². The van der Waals surface area contributed by atoms with Gasteiger partial charge in [0, 0.05) is 18.1 Å². The van der Waals surface area contributed by atoms with E-state index in [1.54, 1.807) is 25.1 Å². The molecule has 2 aromatic carbocycles. The van der Waals surface area contributed by atoms with Gasteiger partial charge in [-0.25, -0.2) is 0 Å². The van der Waals surface area contributed by atoms with Crippen LogP contribution in [0.3, 0.4) is 0 Å². The molecule has 1 fully saturated rings. The van der Waals surface area contributed by atoms with E-state index in [4.69, 9.17) is 9.47 Å². The number of thioether (sulfide) groups is 1. The Balaban J connectivity index is 1.69. The van der Waals surface area contributed by atoms with E-state index in [1.807, 2.05) is 60.4 Å². The second-order valence-corrected chi connectivity index (χ2v) is 7.59. The minimum atomic E-state index is -0.132. The first-order valence-corrected chi connectivity index (χ1v) is 10.3. The lowest BCUT2D eigenvalue weighted by molar-refractivity contribution is -0.128. The van der Waals surface area contributed by atoms with E-state index in [0.717, 1.165) is 33.5 Å². The van der Waals surface area contributed by atoms with Crippen molar-refractivity contribution in [3.8, 4) is 11.5 Å². The van der Waals surface area contributed by atoms with Gasteiger partial charge in [-0.15, -0.1) is 11.8 Å². The number of carbonyl (C=O) groups is 1. The number of methoxy groups -OCH3 is 1. The fourth-order valence-electron chi connectivity index (χ4n) is 3.48. The predicted molar refractivity (Wildman–Crippen MR) is 112 cm³/mol. The van der Waals surface area contributed by atoms with Crippen molar-refractivity contribution in [2.24, 2.45) is 0 Å². The molecule has 6 heteroatoms. The molecule has 1 aromatic heterocycles. The third-order valence-corrected chi connectivity index (χ3v) is 6.02. The Morgan fingerprint density at radius 2 is 2.00 bits per heavy atom. The number of carbonyl (C=O) groups excluding carboxylic acids is 1. The van der Waals surface area contributed by atoms with Gasteiger partial charge in [0.25, 0.3) is 0 Å². The van der Waals surface area contributed by atoms with Gasteiger partial charge in [0.05, 0.1) is 30.5 Å². The van der Waals surface area contributed by atoms with Crippen LogP contribution < -0.4 is 9.47 Å². The number of hydrogen-bond acceptors (Lipinski definition) is 5. The van der Waals surface area contributed by atoms with Crippen molar-refractivity contribution in [3.63, 3.8) is 0 Å². The lowest BCUT2D eigenvalue weighted by Gasteiger charge is -2.26. The first-order valence-electron chi connectivity index (χ1n) is 9.25. The Hall–Kier alpha value is -2.73. The van der Waals surface area contributed by atoms with Gasteiger partial charge in [0.15, 0.2) is 0 Å². The minimum absolute atomic E-state index is 0.124. The molecule has 1 aliphatic heterocycles. The van der Waals surface area contributed by atoms with Crippen molar-refractivity contribution < 1.29 is 14.3 Å². The molecule has 0 N–H and O–H groups in total. The highest BCUT2D eigenvalue weighted by Gasteiger charge is 2.36. The lowest BCUT2D eigenvalue weighted by Crippen LogP contribution is -2.28. The van der Waals surface area contributed by atoms with Gasteiger partial charge in [-0.1, -0.05) is 18.2 Å². The predicted octanol–water partition coefficient (Wildman–Crippen LogP) is 4.42. The average Bonchev–Trinajstić information content (AvgIpc) is 3.08. The zero-order valence-corrected chi connectivity index (χ0v) is 16.7. The molecule has 0 radical (unpaired) electrons.